The van der Waals surface area contributed by atoms with Crippen LogP contribution in [0.3, 0.4) is 0 Å². The highest BCUT2D eigenvalue weighted by Crippen LogP contribution is 2.25. The highest BCUT2D eigenvalue weighted by molar-refractivity contribution is 7.08. The molecular weight excluding hydrogens is 288 g/mol. The maximum atomic E-state index is 12.1. The molecule has 2 aromatic heterocycles. The Hall–Kier alpha value is -2.15. The number of carbonyl (C=O) groups is 1. The molecule has 3 rings (SSSR count). The van der Waals surface area contributed by atoms with E-state index in [1.165, 1.54) is 11.3 Å². The number of hydrogen-bond donors (Lipinski definition) is 1. The van der Waals surface area contributed by atoms with Crippen LogP contribution in [-0.4, -0.2) is 42.1 Å². The zero-order chi connectivity index (χ0) is 14.7. The highest BCUT2D eigenvalue weighted by Gasteiger charge is 2.27. The lowest BCUT2D eigenvalue weighted by Gasteiger charge is -2.19. The average molecular weight is 304 g/mol. The van der Waals surface area contributed by atoms with Crippen LogP contribution < -0.4 is 15.0 Å². The van der Waals surface area contributed by atoms with Crippen molar-refractivity contribution >= 4 is 23.1 Å². The maximum absolute atomic E-state index is 12.1. The number of carbonyl (C=O) groups excluding carboxylic acids is 1. The van der Waals surface area contributed by atoms with E-state index in [-0.39, 0.29) is 11.9 Å². The summed E-state index contributed by atoms with van der Waals surface area (Å²) < 4.78 is 5.23. The molecule has 6 nitrogen and oxygen atoms in total. The van der Waals surface area contributed by atoms with E-state index in [1.807, 2.05) is 16.8 Å². The van der Waals surface area contributed by atoms with E-state index in [0.29, 0.717) is 12.4 Å². The van der Waals surface area contributed by atoms with Gasteiger partial charge in [-0.15, -0.1) is 0 Å². The second kappa shape index (κ2) is 6.09. The molecule has 0 aromatic carbocycles. The molecule has 0 spiro atoms. The van der Waals surface area contributed by atoms with Gasteiger partial charge in [-0.2, -0.15) is 11.3 Å². The van der Waals surface area contributed by atoms with Gasteiger partial charge in [0.25, 0.3) is 11.8 Å². The smallest absolute Gasteiger partial charge is 0.257 e. The molecule has 1 unspecified atom stereocenters. The zero-order valence-electron chi connectivity index (χ0n) is 11.7. The maximum Gasteiger partial charge on any atom is 0.257 e. The summed E-state index contributed by atoms with van der Waals surface area (Å²) in [6.07, 6.45) is 4.14. The molecule has 1 N–H and O–H groups in total. The van der Waals surface area contributed by atoms with Crippen molar-refractivity contribution in [3.05, 3.63) is 34.8 Å². The lowest BCUT2D eigenvalue weighted by atomic mass is 10.2. The van der Waals surface area contributed by atoms with E-state index in [0.717, 1.165) is 24.3 Å². The minimum Gasteiger partial charge on any atom is -0.478 e. The molecule has 0 saturated carbocycles. The fourth-order valence-electron chi connectivity index (χ4n) is 2.41. The summed E-state index contributed by atoms with van der Waals surface area (Å²) in [5.41, 5.74) is 0.718. The van der Waals surface area contributed by atoms with Crippen molar-refractivity contribution in [2.75, 3.05) is 25.1 Å². The van der Waals surface area contributed by atoms with Crippen molar-refractivity contribution in [2.45, 2.75) is 12.5 Å². The predicted molar refractivity (Wildman–Crippen MR) is 81.0 cm³/mol. The van der Waals surface area contributed by atoms with Gasteiger partial charge in [0.2, 0.25) is 0 Å². The van der Waals surface area contributed by atoms with Crippen LogP contribution in [0.25, 0.3) is 0 Å². The van der Waals surface area contributed by atoms with E-state index in [4.69, 9.17) is 4.74 Å². The number of amides is 1. The van der Waals surface area contributed by atoms with Crippen LogP contribution >= 0.6 is 11.3 Å². The van der Waals surface area contributed by atoms with Crippen LogP contribution in [0.15, 0.2) is 29.2 Å². The van der Waals surface area contributed by atoms with Crippen molar-refractivity contribution in [2.24, 2.45) is 0 Å². The first-order valence-corrected chi connectivity index (χ1v) is 7.65. The van der Waals surface area contributed by atoms with E-state index in [1.54, 1.807) is 19.5 Å². The summed E-state index contributed by atoms with van der Waals surface area (Å²) in [4.78, 5) is 22.6. The van der Waals surface area contributed by atoms with E-state index in [9.17, 15) is 4.79 Å². The highest BCUT2D eigenvalue weighted by atomic mass is 32.1. The Morgan fingerprint density at radius 3 is 3.10 bits per heavy atom. The Morgan fingerprint density at radius 2 is 2.33 bits per heavy atom. The quantitative estimate of drug-likeness (QED) is 0.928. The molecule has 7 heteroatoms. The number of rotatable bonds is 4. The summed E-state index contributed by atoms with van der Waals surface area (Å²) >= 11 is 1.52. The third kappa shape index (κ3) is 2.97. The molecule has 1 amide bonds. The number of ether oxygens (including phenoxy) is 1. The van der Waals surface area contributed by atoms with E-state index in [2.05, 4.69) is 20.2 Å². The molecule has 1 aliphatic heterocycles. The van der Waals surface area contributed by atoms with Gasteiger partial charge in [0.1, 0.15) is 0 Å². The summed E-state index contributed by atoms with van der Waals surface area (Å²) in [7, 11) is 1.58. The van der Waals surface area contributed by atoms with Crippen molar-refractivity contribution in [3.8, 4) is 5.88 Å². The molecule has 1 aliphatic rings. The molecule has 21 heavy (non-hydrogen) atoms. The second-order valence-corrected chi connectivity index (χ2v) is 5.59. The SMILES string of the molecule is COc1nccnc1N1CCC(NC(=O)c2ccsc2)C1. The summed E-state index contributed by atoms with van der Waals surface area (Å²) in [5.74, 6) is 1.23. The minimum atomic E-state index is -0.0192. The van der Waals surface area contributed by atoms with E-state index < -0.39 is 0 Å². The fourth-order valence-corrected chi connectivity index (χ4v) is 3.05. The van der Waals surface area contributed by atoms with Gasteiger partial charge in [-0.1, -0.05) is 0 Å². The normalized spacial score (nSPS) is 17.8. The molecule has 0 aliphatic carbocycles. The first-order chi connectivity index (χ1) is 10.3. The number of aromatic nitrogens is 2. The lowest BCUT2D eigenvalue weighted by molar-refractivity contribution is 0.0941. The molecule has 1 atom stereocenters. The Kier molecular flexibility index (Phi) is 4.01. The van der Waals surface area contributed by atoms with Crippen LogP contribution in [0.4, 0.5) is 5.82 Å². The van der Waals surface area contributed by atoms with Crippen molar-refractivity contribution in [1.82, 2.24) is 15.3 Å². The molecule has 2 aromatic rings. The third-order valence-electron chi connectivity index (χ3n) is 3.45. The van der Waals surface area contributed by atoms with Crippen molar-refractivity contribution in [3.63, 3.8) is 0 Å². The zero-order valence-corrected chi connectivity index (χ0v) is 12.5. The molecule has 0 bridgehead atoms. The molecule has 110 valence electrons. The van der Waals surface area contributed by atoms with Gasteiger partial charge in [0.05, 0.1) is 7.11 Å². The van der Waals surface area contributed by atoms with Gasteiger partial charge < -0.3 is 15.0 Å². The first kappa shape index (κ1) is 13.8. The number of anilines is 1. The predicted octanol–water partition coefficient (Wildman–Crippen LogP) is 1.56. The topological polar surface area (TPSA) is 67.4 Å². The van der Waals surface area contributed by atoms with Gasteiger partial charge in [-0.3, -0.25) is 4.79 Å². The Balaban J connectivity index is 1.64. The fraction of sp³-hybridized carbons (Fsp3) is 0.357. The number of thiophene rings is 1. The van der Waals surface area contributed by atoms with Crippen LogP contribution in [0.1, 0.15) is 16.8 Å². The molecule has 1 fully saturated rings. The minimum absolute atomic E-state index is 0.0192. The van der Waals surface area contributed by atoms with Crippen LogP contribution in [0.5, 0.6) is 5.88 Å². The lowest BCUT2D eigenvalue weighted by Crippen LogP contribution is -2.37. The molecule has 0 radical (unpaired) electrons. The van der Waals surface area contributed by atoms with Gasteiger partial charge in [0.15, 0.2) is 5.82 Å². The molecule has 1 saturated heterocycles. The van der Waals surface area contributed by atoms with Crippen LogP contribution in [-0.2, 0) is 0 Å². The van der Waals surface area contributed by atoms with Gasteiger partial charge in [-0.05, 0) is 17.9 Å². The average Bonchev–Trinajstić information content (AvgIpc) is 3.18. The van der Waals surface area contributed by atoms with Crippen molar-refractivity contribution in [1.29, 1.82) is 0 Å². The van der Waals surface area contributed by atoms with Gasteiger partial charge in [0, 0.05) is 42.5 Å². The Morgan fingerprint density at radius 1 is 1.48 bits per heavy atom. The molecular formula is C14H16N4O2S. The molecule has 3 heterocycles. The monoisotopic (exact) mass is 304 g/mol. The Bertz CT molecular complexity index is 617. The summed E-state index contributed by atoms with van der Waals surface area (Å²) in [6, 6.07) is 1.95. The number of nitrogens with zero attached hydrogens (tertiary/aromatic N) is 3. The third-order valence-corrected chi connectivity index (χ3v) is 4.13. The second-order valence-electron chi connectivity index (χ2n) is 4.81. The largest absolute Gasteiger partial charge is 0.478 e. The first-order valence-electron chi connectivity index (χ1n) is 6.71. The van der Waals surface area contributed by atoms with E-state index >= 15 is 0 Å². The van der Waals surface area contributed by atoms with Crippen molar-refractivity contribution < 1.29 is 9.53 Å². The van der Waals surface area contributed by atoms with Gasteiger partial charge >= 0.3 is 0 Å². The standard InChI is InChI=1S/C14H16N4O2S/c1-20-14-12(15-4-5-16-14)18-6-2-11(8-18)17-13(19)10-3-7-21-9-10/h3-5,7,9,11H,2,6,8H2,1H3,(H,17,19). The summed E-state index contributed by atoms with van der Waals surface area (Å²) in [6.45, 7) is 1.54. The number of nitrogens with one attached hydrogen (secondary N) is 1. The number of hydrogen-bond acceptors (Lipinski definition) is 6. The van der Waals surface area contributed by atoms with Crippen LogP contribution in [0, 0.1) is 0 Å². The Labute approximate surface area is 126 Å². The van der Waals surface area contributed by atoms with Gasteiger partial charge in [-0.25, -0.2) is 9.97 Å². The number of methoxy groups -OCH3 is 1. The van der Waals surface area contributed by atoms with Crippen LogP contribution in [0.2, 0.25) is 0 Å². The summed E-state index contributed by atoms with van der Waals surface area (Å²) in [5, 5.41) is 6.81.